The summed E-state index contributed by atoms with van der Waals surface area (Å²) >= 11 is 0. The number of nitrogens with one attached hydrogen (secondary N) is 2. The molecule has 0 aliphatic carbocycles. The SMILES string of the molecule is CCCNS(=O)(=O)NCC(c1ccccc1)N(CC)CC. The lowest BCUT2D eigenvalue weighted by atomic mass is 10.1. The van der Waals surface area contributed by atoms with Crippen molar-refractivity contribution in [1.29, 1.82) is 0 Å². The third kappa shape index (κ3) is 6.13. The summed E-state index contributed by atoms with van der Waals surface area (Å²) in [4.78, 5) is 2.25. The van der Waals surface area contributed by atoms with Gasteiger partial charge in [0.05, 0.1) is 0 Å². The first-order valence-corrected chi connectivity index (χ1v) is 9.05. The molecule has 1 rings (SSSR count). The second kappa shape index (κ2) is 9.15. The van der Waals surface area contributed by atoms with Gasteiger partial charge in [0.1, 0.15) is 0 Å². The summed E-state index contributed by atoms with van der Waals surface area (Å²) in [7, 11) is -3.42. The molecule has 0 fully saturated rings. The van der Waals surface area contributed by atoms with Gasteiger partial charge in [-0.25, -0.2) is 9.44 Å². The molecule has 0 saturated heterocycles. The topological polar surface area (TPSA) is 61.4 Å². The van der Waals surface area contributed by atoms with E-state index < -0.39 is 10.2 Å². The largest absolute Gasteiger partial charge is 0.296 e. The molecule has 0 amide bonds. The zero-order valence-electron chi connectivity index (χ0n) is 13.2. The fourth-order valence-corrected chi connectivity index (χ4v) is 3.23. The van der Waals surface area contributed by atoms with Gasteiger partial charge in [-0.05, 0) is 25.1 Å². The van der Waals surface area contributed by atoms with Gasteiger partial charge >= 0.3 is 0 Å². The minimum absolute atomic E-state index is 0.0411. The molecule has 1 aromatic rings. The van der Waals surface area contributed by atoms with Crippen molar-refractivity contribution in [1.82, 2.24) is 14.3 Å². The average molecular weight is 313 g/mol. The molecule has 1 atom stereocenters. The highest BCUT2D eigenvalue weighted by Crippen LogP contribution is 2.19. The van der Waals surface area contributed by atoms with Crippen LogP contribution in [0.2, 0.25) is 0 Å². The Morgan fingerprint density at radius 2 is 1.67 bits per heavy atom. The van der Waals surface area contributed by atoms with Gasteiger partial charge in [0.15, 0.2) is 0 Å². The molecule has 0 heterocycles. The van der Waals surface area contributed by atoms with Crippen molar-refractivity contribution in [3.05, 3.63) is 35.9 Å². The third-order valence-electron chi connectivity index (χ3n) is 3.45. The summed E-state index contributed by atoms with van der Waals surface area (Å²) in [6.45, 7) is 8.68. The fraction of sp³-hybridized carbons (Fsp3) is 0.600. The van der Waals surface area contributed by atoms with Gasteiger partial charge in [-0.2, -0.15) is 8.42 Å². The van der Waals surface area contributed by atoms with Gasteiger partial charge in [-0.15, -0.1) is 0 Å². The van der Waals surface area contributed by atoms with Crippen LogP contribution in [0.25, 0.3) is 0 Å². The second-order valence-electron chi connectivity index (χ2n) is 4.89. The van der Waals surface area contributed by atoms with Crippen LogP contribution < -0.4 is 9.44 Å². The summed E-state index contributed by atoms with van der Waals surface area (Å²) in [6, 6.07) is 10.0. The predicted octanol–water partition coefficient (Wildman–Crippen LogP) is 1.90. The summed E-state index contributed by atoms with van der Waals surface area (Å²) in [5.74, 6) is 0. The van der Waals surface area contributed by atoms with Crippen LogP contribution in [0.1, 0.15) is 38.8 Å². The van der Waals surface area contributed by atoms with Crippen molar-refractivity contribution in [2.75, 3.05) is 26.2 Å². The summed E-state index contributed by atoms with van der Waals surface area (Å²) < 4.78 is 29.0. The van der Waals surface area contributed by atoms with E-state index in [1.54, 1.807) is 0 Å². The Kier molecular flexibility index (Phi) is 7.88. The van der Waals surface area contributed by atoms with E-state index in [1.807, 2.05) is 37.3 Å². The maximum Gasteiger partial charge on any atom is 0.276 e. The highest BCUT2D eigenvalue weighted by Gasteiger charge is 2.20. The van der Waals surface area contributed by atoms with Crippen molar-refractivity contribution in [3.8, 4) is 0 Å². The van der Waals surface area contributed by atoms with Gasteiger partial charge in [-0.3, -0.25) is 4.90 Å². The fourth-order valence-electron chi connectivity index (χ4n) is 2.27. The van der Waals surface area contributed by atoms with Crippen molar-refractivity contribution in [2.24, 2.45) is 0 Å². The van der Waals surface area contributed by atoms with E-state index in [-0.39, 0.29) is 6.04 Å². The molecule has 21 heavy (non-hydrogen) atoms. The van der Waals surface area contributed by atoms with Gasteiger partial charge in [0.2, 0.25) is 0 Å². The number of benzene rings is 1. The smallest absolute Gasteiger partial charge is 0.276 e. The number of nitrogens with zero attached hydrogens (tertiary/aromatic N) is 1. The zero-order valence-corrected chi connectivity index (χ0v) is 14.0. The first kappa shape index (κ1) is 18.1. The first-order valence-electron chi connectivity index (χ1n) is 7.57. The molecule has 2 N–H and O–H groups in total. The van der Waals surface area contributed by atoms with E-state index in [2.05, 4.69) is 28.2 Å². The summed E-state index contributed by atoms with van der Waals surface area (Å²) in [5, 5.41) is 0. The summed E-state index contributed by atoms with van der Waals surface area (Å²) in [6.07, 6.45) is 0.777. The third-order valence-corrected chi connectivity index (χ3v) is 4.58. The lowest BCUT2D eigenvalue weighted by Crippen LogP contribution is -2.42. The zero-order chi connectivity index (χ0) is 15.7. The molecule has 1 unspecified atom stereocenters. The number of likely N-dealkylation sites (N-methyl/N-ethyl adjacent to an activating group) is 1. The van der Waals surface area contributed by atoms with Crippen LogP contribution in [0.15, 0.2) is 30.3 Å². The Morgan fingerprint density at radius 1 is 1.05 bits per heavy atom. The molecule has 0 saturated carbocycles. The average Bonchev–Trinajstić information content (AvgIpc) is 2.50. The lowest BCUT2D eigenvalue weighted by molar-refractivity contribution is 0.220. The maximum atomic E-state index is 11.9. The van der Waals surface area contributed by atoms with E-state index in [0.29, 0.717) is 13.1 Å². The quantitative estimate of drug-likeness (QED) is 0.693. The number of hydrogen-bond acceptors (Lipinski definition) is 3. The minimum atomic E-state index is -3.42. The number of rotatable bonds is 10. The van der Waals surface area contributed by atoms with E-state index in [0.717, 1.165) is 25.1 Å². The lowest BCUT2D eigenvalue weighted by Gasteiger charge is -2.30. The Morgan fingerprint density at radius 3 is 2.19 bits per heavy atom. The Bertz CT molecular complexity index is 487. The highest BCUT2D eigenvalue weighted by molar-refractivity contribution is 7.87. The molecule has 0 spiro atoms. The van der Waals surface area contributed by atoms with E-state index in [9.17, 15) is 8.42 Å². The van der Waals surface area contributed by atoms with E-state index >= 15 is 0 Å². The second-order valence-corrected chi connectivity index (χ2v) is 6.48. The van der Waals surface area contributed by atoms with Crippen molar-refractivity contribution in [2.45, 2.75) is 33.2 Å². The molecule has 0 aliphatic heterocycles. The monoisotopic (exact) mass is 313 g/mol. The first-order chi connectivity index (χ1) is 10.0. The van der Waals surface area contributed by atoms with Crippen molar-refractivity contribution in [3.63, 3.8) is 0 Å². The van der Waals surface area contributed by atoms with Crippen molar-refractivity contribution >= 4 is 10.2 Å². The van der Waals surface area contributed by atoms with E-state index in [1.165, 1.54) is 0 Å². The minimum Gasteiger partial charge on any atom is -0.296 e. The van der Waals surface area contributed by atoms with Gasteiger partial charge in [0.25, 0.3) is 10.2 Å². The number of hydrogen-bond donors (Lipinski definition) is 2. The molecule has 0 aliphatic rings. The van der Waals surface area contributed by atoms with Gasteiger partial charge in [0, 0.05) is 19.1 Å². The molecule has 6 heteroatoms. The van der Waals surface area contributed by atoms with Crippen LogP contribution in [0.4, 0.5) is 0 Å². The Balaban J connectivity index is 2.79. The predicted molar refractivity (Wildman–Crippen MR) is 87.3 cm³/mol. The highest BCUT2D eigenvalue weighted by atomic mass is 32.2. The molecular weight excluding hydrogens is 286 g/mol. The van der Waals surface area contributed by atoms with Gasteiger partial charge in [-0.1, -0.05) is 51.1 Å². The molecule has 1 aromatic carbocycles. The van der Waals surface area contributed by atoms with Crippen molar-refractivity contribution < 1.29 is 8.42 Å². The van der Waals surface area contributed by atoms with Crippen LogP contribution in [0.5, 0.6) is 0 Å². The van der Waals surface area contributed by atoms with Crippen LogP contribution in [0.3, 0.4) is 0 Å². The van der Waals surface area contributed by atoms with Crippen LogP contribution in [-0.2, 0) is 10.2 Å². The molecule has 5 nitrogen and oxygen atoms in total. The standard InChI is InChI=1S/C15H27N3O2S/c1-4-12-16-21(19,20)17-13-15(18(5-2)6-3)14-10-8-7-9-11-14/h7-11,15-17H,4-6,12-13H2,1-3H3. The van der Waals surface area contributed by atoms with Crippen LogP contribution in [0, 0.1) is 0 Å². The Labute approximate surface area is 128 Å². The summed E-state index contributed by atoms with van der Waals surface area (Å²) in [5.41, 5.74) is 1.12. The normalized spacial score (nSPS) is 13.5. The molecule has 0 aromatic heterocycles. The molecular formula is C15H27N3O2S. The molecule has 120 valence electrons. The van der Waals surface area contributed by atoms with Gasteiger partial charge < -0.3 is 0 Å². The molecule has 0 bridgehead atoms. The maximum absolute atomic E-state index is 11.9. The molecule has 0 radical (unpaired) electrons. The van der Waals surface area contributed by atoms with Crippen LogP contribution >= 0.6 is 0 Å². The Hall–Kier alpha value is -0.950. The van der Waals surface area contributed by atoms with E-state index in [4.69, 9.17) is 0 Å². The van der Waals surface area contributed by atoms with Crippen LogP contribution in [-0.4, -0.2) is 39.5 Å².